The molecule has 0 spiro atoms. The minimum absolute atomic E-state index is 0.0582. The molecule has 0 aromatic heterocycles. The van der Waals surface area contributed by atoms with Crippen molar-refractivity contribution >= 4 is 99.7 Å². The molecule has 35 heavy (non-hydrogen) atoms. The molecule has 2 aromatic rings. The Balaban J connectivity index is 1.48. The quantitative estimate of drug-likeness (QED) is 0.158. The van der Waals surface area contributed by atoms with E-state index in [1.54, 1.807) is 25.2 Å². The van der Waals surface area contributed by atoms with Crippen LogP contribution in [0, 0.1) is 0 Å². The Labute approximate surface area is 239 Å². The molecular weight excluding hydrogens is 684 g/mol. The molecular formula is C24H23Br3N2O4S2. The lowest BCUT2D eigenvalue weighted by atomic mass is 10.1. The van der Waals surface area contributed by atoms with Crippen LogP contribution in [0.1, 0.15) is 31.2 Å². The monoisotopic (exact) mass is 704 g/mol. The van der Waals surface area contributed by atoms with Crippen molar-refractivity contribution in [2.75, 3.05) is 26.1 Å². The summed E-state index contributed by atoms with van der Waals surface area (Å²) >= 11 is 17.1. The third-order valence-corrected chi connectivity index (χ3v) is 8.22. The maximum absolute atomic E-state index is 12.9. The van der Waals surface area contributed by atoms with Gasteiger partial charge in [-0.25, -0.2) is 0 Å². The van der Waals surface area contributed by atoms with E-state index in [4.69, 9.17) is 21.7 Å². The normalized spacial score (nSPS) is 14.5. The van der Waals surface area contributed by atoms with E-state index in [1.807, 2.05) is 30.3 Å². The molecule has 6 nitrogen and oxygen atoms in total. The third-order valence-electron chi connectivity index (χ3n) is 5.14. The first-order valence-corrected chi connectivity index (χ1v) is 14.3. The molecule has 0 aliphatic carbocycles. The Bertz CT molecular complexity index is 1150. The second-order valence-electron chi connectivity index (χ2n) is 7.55. The van der Waals surface area contributed by atoms with E-state index in [0.717, 1.165) is 31.8 Å². The van der Waals surface area contributed by atoms with Crippen LogP contribution in [0.5, 0.6) is 11.5 Å². The number of halogens is 3. The summed E-state index contributed by atoms with van der Waals surface area (Å²) in [6.45, 7) is 0.527. The highest BCUT2D eigenvalue weighted by Gasteiger charge is 2.31. The number of ether oxygens (including phenoxy) is 2. The summed E-state index contributed by atoms with van der Waals surface area (Å²) in [5, 5.41) is 2.93. The van der Waals surface area contributed by atoms with Gasteiger partial charge in [0.15, 0.2) is 11.5 Å². The largest absolute Gasteiger partial charge is 0.493 e. The number of benzene rings is 2. The third kappa shape index (κ3) is 7.55. The Kier molecular flexibility index (Phi) is 10.7. The zero-order chi connectivity index (χ0) is 25.5. The van der Waals surface area contributed by atoms with Crippen molar-refractivity contribution in [1.29, 1.82) is 0 Å². The zero-order valence-electron chi connectivity index (χ0n) is 19.0. The fraction of sp³-hybridized carbons (Fsp3) is 0.292. The molecule has 186 valence electrons. The van der Waals surface area contributed by atoms with Crippen LogP contribution in [0.15, 0.2) is 48.7 Å². The molecule has 0 unspecified atom stereocenters. The highest BCUT2D eigenvalue weighted by Crippen LogP contribution is 2.36. The average Bonchev–Trinajstić information content (AvgIpc) is 3.08. The van der Waals surface area contributed by atoms with Gasteiger partial charge in [0.1, 0.15) is 4.32 Å². The first-order chi connectivity index (χ1) is 16.7. The smallest absolute Gasteiger partial charge is 0.266 e. The summed E-state index contributed by atoms with van der Waals surface area (Å²) < 4.78 is 13.6. The van der Waals surface area contributed by atoms with Crippen LogP contribution in [0.4, 0.5) is 5.69 Å². The first kappa shape index (κ1) is 28.2. The highest BCUT2D eigenvalue weighted by atomic mass is 79.9. The second kappa shape index (κ2) is 13.2. The number of carbonyl (C=O) groups excluding carboxylic acids is 2. The van der Waals surface area contributed by atoms with E-state index >= 15 is 0 Å². The molecule has 1 heterocycles. The summed E-state index contributed by atoms with van der Waals surface area (Å²) in [4.78, 5) is 27.4. The van der Waals surface area contributed by atoms with Gasteiger partial charge in [-0.15, -0.1) is 0 Å². The lowest BCUT2D eigenvalue weighted by molar-refractivity contribution is -0.122. The number of carbonyl (C=O) groups is 2. The minimum Gasteiger partial charge on any atom is -0.493 e. The van der Waals surface area contributed by atoms with Crippen molar-refractivity contribution in [3.8, 4) is 11.5 Å². The molecule has 0 bridgehead atoms. The number of anilines is 1. The van der Waals surface area contributed by atoms with Crippen LogP contribution < -0.4 is 14.8 Å². The SMILES string of the molecule is COc1ccc(C=C2SC(=S)N(CCCCCC(=O)Nc3c(Br)cc(Br)cc3Br)C2=O)cc1OC. The average molecular weight is 707 g/mol. The number of methoxy groups -OCH3 is 2. The summed E-state index contributed by atoms with van der Waals surface area (Å²) in [5.74, 6) is 1.07. The van der Waals surface area contributed by atoms with Crippen LogP contribution in [-0.4, -0.2) is 41.8 Å². The number of amides is 2. The summed E-state index contributed by atoms with van der Waals surface area (Å²) in [5.41, 5.74) is 1.54. The number of nitrogens with one attached hydrogen (secondary N) is 1. The molecule has 1 saturated heterocycles. The number of hydrogen-bond donors (Lipinski definition) is 1. The molecule has 0 atom stereocenters. The van der Waals surface area contributed by atoms with Gasteiger partial charge >= 0.3 is 0 Å². The number of thioether (sulfide) groups is 1. The minimum atomic E-state index is -0.0996. The van der Waals surface area contributed by atoms with Crippen LogP contribution >= 0.6 is 71.8 Å². The molecule has 1 N–H and O–H groups in total. The number of thiocarbonyl (C=S) groups is 1. The number of rotatable bonds is 10. The molecule has 11 heteroatoms. The van der Waals surface area contributed by atoms with Gasteiger partial charge in [0, 0.05) is 26.4 Å². The number of hydrogen-bond acceptors (Lipinski definition) is 6. The fourth-order valence-corrected chi connectivity index (χ4v) is 7.15. The van der Waals surface area contributed by atoms with Gasteiger partial charge in [-0.3, -0.25) is 14.5 Å². The molecule has 1 aliphatic heterocycles. The van der Waals surface area contributed by atoms with Crippen molar-refractivity contribution in [2.24, 2.45) is 0 Å². The topological polar surface area (TPSA) is 67.9 Å². The van der Waals surface area contributed by atoms with Crippen molar-refractivity contribution in [1.82, 2.24) is 4.90 Å². The lowest BCUT2D eigenvalue weighted by Gasteiger charge is -2.14. The highest BCUT2D eigenvalue weighted by molar-refractivity contribution is 9.11. The van der Waals surface area contributed by atoms with Gasteiger partial charge in [-0.1, -0.05) is 52.4 Å². The molecule has 1 aliphatic rings. The van der Waals surface area contributed by atoms with Crippen LogP contribution in [-0.2, 0) is 9.59 Å². The van der Waals surface area contributed by atoms with E-state index in [2.05, 4.69) is 53.1 Å². The van der Waals surface area contributed by atoms with Gasteiger partial charge in [0.05, 0.1) is 24.8 Å². The standard InChI is InChI=1S/C24H23Br3N2O4S2/c1-32-18-8-7-14(10-19(18)33-2)11-20-23(31)29(24(34)35-20)9-5-3-4-6-21(30)28-22-16(26)12-15(25)13-17(22)27/h7-8,10-13H,3-6,9H2,1-2H3,(H,28,30). The van der Waals surface area contributed by atoms with Gasteiger partial charge < -0.3 is 14.8 Å². The molecule has 1 fully saturated rings. The van der Waals surface area contributed by atoms with Crippen molar-refractivity contribution < 1.29 is 19.1 Å². The van der Waals surface area contributed by atoms with Gasteiger partial charge in [-0.05, 0) is 80.6 Å². The zero-order valence-corrected chi connectivity index (χ0v) is 25.4. The predicted molar refractivity (Wildman–Crippen MR) is 156 cm³/mol. The Morgan fingerprint density at radius 2 is 1.74 bits per heavy atom. The Morgan fingerprint density at radius 1 is 1.06 bits per heavy atom. The van der Waals surface area contributed by atoms with E-state index in [0.29, 0.717) is 45.8 Å². The van der Waals surface area contributed by atoms with Crippen molar-refractivity contribution in [3.05, 3.63) is 54.2 Å². The maximum atomic E-state index is 12.9. The molecule has 0 saturated carbocycles. The second-order valence-corrected chi connectivity index (χ2v) is 11.9. The van der Waals surface area contributed by atoms with Crippen LogP contribution in [0.25, 0.3) is 6.08 Å². The molecule has 0 radical (unpaired) electrons. The maximum Gasteiger partial charge on any atom is 0.266 e. The van der Waals surface area contributed by atoms with E-state index in [-0.39, 0.29) is 11.8 Å². The fourth-order valence-electron chi connectivity index (χ4n) is 3.38. The van der Waals surface area contributed by atoms with Crippen LogP contribution in [0.3, 0.4) is 0 Å². The summed E-state index contributed by atoms with van der Waals surface area (Å²) in [6.07, 6.45) is 4.49. The van der Waals surface area contributed by atoms with Crippen LogP contribution in [0.2, 0.25) is 0 Å². The Hall–Kier alpha value is -1.40. The van der Waals surface area contributed by atoms with E-state index in [1.165, 1.54) is 11.8 Å². The lowest BCUT2D eigenvalue weighted by Crippen LogP contribution is -2.29. The molecule has 2 aromatic carbocycles. The molecule has 2 amide bonds. The van der Waals surface area contributed by atoms with E-state index in [9.17, 15) is 9.59 Å². The predicted octanol–water partition coefficient (Wildman–Crippen LogP) is 7.39. The summed E-state index contributed by atoms with van der Waals surface area (Å²) in [6, 6.07) is 9.24. The van der Waals surface area contributed by atoms with Crippen molar-refractivity contribution in [3.63, 3.8) is 0 Å². The summed E-state index contributed by atoms with van der Waals surface area (Å²) in [7, 11) is 3.15. The van der Waals surface area contributed by atoms with Gasteiger partial charge in [0.2, 0.25) is 5.91 Å². The molecule has 3 rings (SSSR count). The van der Waals surface area contributed by atoms with E-state index < -0.39 is 0 Å². The number of unbranched alkanes of at least 4 members (excludes halogenated alkanes) is 2. The van der Waals surface area contributed by atoms with Gasteiger partial charge in [0.25, 0.3) is 5.91 Å². The Morgan fingerprint density at radius 3 is 2.40 bits per heavy atom. The number of nitrogens with zero attached hydrogens (tertiary/aromatic N) is 1. The first-order valence-electron chi connectivity index (χ1n) is 10.6. The van der Waals surface area contributed by atoms with Crippen molar-refractivity contribution in [2.45, 2.75) is 25.7 Å². The van der Waals surface area contributed by atoms with Gasteiger partial charge in [-0.2, -0.15) is 0 Å².